The molecule has 0 amide bonds. The van der Waals surface area contributed by atoms with Gasteiger partial charge in [-0.2, -0.15) is 15.1 Å². The van der Waals surface area contributed by atoms with E-state index in [0.29, 0.717) is 31.6 Å². The fourth-order valence-electron chi connectivity index (χ4n) is 2.89. The smallest absolute Gasteiger partial charge is 0.227 e. The molecule has 26 heavy (non-hydrogen) atoms. The molecule has 0 atom stereocenters. The van der Waals surface area contributed by atoms with Crippen LogP contribution in [0.1, 0.15) is 26.7 Å². The number of nitrogens with zero attached hydrogens (tertiary/aromatic N) is 5. The highest BCUT2D eigenvalue weighted by Crippen LogP contribution is 2.24. The molecule has 0 spiro atoms. The third-order valence-corrected chi connectivity index (χ3v) is 4.33. The molecule has 8 nitrogen and oxygen atoms in total. The first-order chi connectivity index (χ1) is 12.5. The summed E-state index contributed by atoms with van der Waals surface area (Å²) in [5.74, 6) is 2.90. The second-order valence-electron chi connectivity index (χ2n) is 6.99. The SMILES string of the molecule is CC(C)CCCN(C)c1nc(NCC2=COCCO2)nc2c1cnn2C. The summed E-state index contributed by atoms with van der Waals surface area (Å²) in [6.07, 6.45) is 5.79. The fourth-order valence-corrected chi connectivity index (χ4v) is 2.89. The Morgan fingerprint density at radius 1 is 1.31 bits per heavy atom. The standard InChI is InChI=1S/C18H28N6O2/c1-13(2)6-5-7-23(3)16-15-11-20-24(4)17(15)22-18(21-16)19-10-14-12-25-8-9-26-14/h11-13H,5-10H2,1-4H3,(H,19,21,22). The lowest BCUT2D eigenvalue weighted by Gasteiger charge is -2.20. The van der Waals surface area contributed by atoms with Gasteiger partial charge in [0.05, 0.1) is 18.1 Å². The number of hydrogen-bond donors (Lipinski definition) is 1. The average molecular weight is 360 g/mol. The number of aromatic nitrogens is 4. The van der Waals surface area contributed by atoms with E-state index in [1.165, 1.54) is 6.42 Å². The van der Waals surface area contributed by atoms with Crippen LogP contribution in [-0.4, -0.2) is 53.1 Å². The third-order valence-electron chi connectivity index (χ3n) is 4.33. The number of aryl methyl sites for hydroxylation is 1. The van der Waals surface area contributed by atoms with Crippen LogP contribution in [0.5, 0.6) is 0 Å². The molecule has 0 aliphatic carbocycles. The summed E-state index contributed by atoms with van der Waals surface area (Å²) in [4.78, 5) is 11.5. The van der Waals surface area contributed by atoms with Crippen LogP contribution in [0, 0.1) is 5.92 Å². The van der Waals surface area contributed by atoms with Gasteiger partial charge in [0.2, 0.25) is 5.95 Å². The van der Waals surface area contributed by atoms with E-state index >= 15 is 0 Å². The van der Waals surface area contributed by atoms with Crippen molar-refractivity contribution < 1.29 is 9.47 Å². The minimum Gasteiger partial charge on any atom is -0.494 e. The number of nitrogens with one attached hydrogen (secondary N) is 1. The monoisotopic (exact) mass is 360 g/mol. The lowest BCUT2D eigenvalue weighted by atomic mass is 10.1. The van der Waals surface area contributed by atoms with Gasteiger partial charge >= 0.3 is 0 Å². The van der Waals surface area contributed by atoms with E-state index in [4.69, 9.17) is 14.5 Å². The van der Waals surface area contributed by atoms with E-state index in [9.17, 15) is 0 Å². The van der Waals surface area contributed by atoms with Crippen LogP contribution in [0.15, 0.2) is 18.2 Å². The van der Waals surface area contributed by atoms with Gasteiger partial charge in [-0.1, -0.05) is 13.8 Å². The summed E-state index contributed by atoms with van der Waals surface area (Å²) in [7, 11) is 3.96. The summed E-state index contributed by atoms with van der Waals surface area (Å²) in [5, 5.41) is 8.53. The summed E-state index contributed by atoms with van der Waals surface area (Å²) in [5.41, 5.74) is 0.808. The van der Waals surface area contributed by atoms with Gasteiger partial charge in [0.1, 0.15) is 31.1 Å². The van der Waals surface area contributed by atoms with E-state index in [0.717, 1.165) is 35.6 Å². The van der Waals surface area contributed by atoms with E-state index in [1.807, 2.05) is 13.2 Å². The molecule has 0 unspecified atom stereocenters. The van der Waals surface area contributed by atoms with Gasteiger partial charge in [-0.05, 0) is 18.8 Å². The van der Waals surface area contributed by atoms with Gasteiger partial charge in [0, 0.05) is 20.6 Å². The molecule has 3 heterocycles. The highest BCUT2D eigenvalue weighted by atomic mass is 16.6. The maximum Gasteiger partial charge on any atom is 0.227 e. The second kappa shape index (κ2) is 8.25. The molecule has 1 N–H and O–H groups in total. The van der Waals surface area contributed by atoms with Crippen LogP contribution in [0.4, 0.5) is 11.8 Å². The minimum absolute atomic E-state index is 0.486. The minimum atomic E-state index is 0.486. The van der Waals surface area contributed by atoms with Gasteiger partial charge in [-0.15, -0.1) is 0 Å². The molecular weight excluding hydrogens is 332 g/mol. The number of rotatable bonds is 8. The van der Waals surface area contributed by atoms with Gasteiger partial charge in [0.25, 0.3) is 0 Å². The quantitative estimate of drug-likeness (QED) is 0.775. The molecule has 0 fully saturated rings. The molecule has 0 bridgehead atoms. The molecule has 2 aromatic heterocycles. The summed E-state index contributed by atoms with van der Waals surface area (Å²) in [6.45, 7) is 7.08. The van der Waals surface area contributed by atoms with Crippen LogP contribution in [0.25, 0.3) is 11.0 Å². The first-order valence-electron chi connectivity index (χ1n) is 9.13. The Labute approximate surface area is 154 Å². The number of fused-ring (bicyclic) bond motifs is 1. The summed E-state index contributed by atoms with van der Waals surface area (Å²) in [6, 6.07) is 0. The molecule has 3 rings (SSSR count). The first kappa shape index (κ1) is 18.3. The van der Waals surface area contributed by atoms with Crippen molar-refractivity contribution in [3.8, 4) is 0 Å². The largest absolute Gasteiger partial charge is 0.494 e. The summed E-state index contributed by atoms with van der Waals surface area (Å²) < 4.78 is 12.6. The zero-order valence-electron chi connectivity index (χ0n) is 16.0. The van der Waals surface area contributed by atoms with Crippen molar-refractivity contribution in [1.82, 2.24) is 19.7 Å². The van der Waals surface area contributed by atoms with Crippen LogP contribution in [-0.2, 0) is 16.5 Å². The first-order valence-corrected chi connectivity index (χ1v) is 9.13. The van der Waals surface area contributed by atoms with Crippen molar-refractivity contribution in [3.05, 3.63) is 18.2 Å². The topological polar surface area (TPSA) is 77.3 Å². The van der Waals surface area contributed by atoms with Crippen molar-refractivity contribution in [2.24, 2.45) is 13.0 Å². The number of anilines is 2. The average Bonchev–Trinajstić information content (AvgIpc) is 3.01. The van der Waals surface area contributed by atoms with Crippen molar-refractivity contribution in [1.29, 1.82) is 0 Å². The van der Waals surface area contributed by atoms with Crippen LogP contribution in [0.2, 0.25) is 0 Å². The Bertz CT molecular complexity index is 770. The fraction of sp³-hybridized carbons (Fsp3) is 0.611. The van der Waals surface area contributed by atoms with Crippen LogP contribution < -0.4 is 10.2 Å². The Hall–Kier alpha value is -2.51. The van der Waals surface area contributed by atoms with Gasteiger partial charge in [-0.3, -0.25) is 4.68 Å². The summed E-state index contributed by atoms with van der Waals surface area (Å²) >= 11 is 0. The number of hydrogen-bond acceptors (Lipinski definition) is 7. The van der Waals surface area contributed by atoms with Crippen LogP contribution in [0.3, 0.4) is 0 Å². The van der Waals surface area contributed by atoms with Gasteiger partial charge in [0.15, 0.2) is 5.65 Å². The molecule has 1 aliphatic rings. The normalized spacial score (nSPS) is 14.1. The number of ether oxygens (including phenoxy) is 2. The van der Waals surface area contributed by atoms with E-state index < -0.39 is 0 Å². The van der Waals surface area contributed by atoms with E-state index in [1.54, 1.807) is 10.9 Å². The van der Waals surface area contributed by atoms with E-state index in [2.05, 4.69) is 41.2 Å². The molecular formula is C18H28N6O2. The lowest BCUT2D eigenvalue weighted by molar-refractivity contribution is 0.0843. The Morgan fingerprint density at radius 3 is 2.88 bits per heavy atom. The molecule has 2 aromatic rings. The molecule has 8 heteroatoms. The predicted molar refractivity (Wildman–Crippen MR) is 102 cm³/mol. The van der Waals surface area contributed by atoms with Crippen molar-refractivity contribution in [2.45, 2.75) is 26.7 Å². The highest BCUT2D eigenvalue weighted by Gasteiger charge is 2.15. The second-order valence-corrected chi connectivity index (χ2v) is 6.99. The zero-order chi connectivity index (χ0) is 18.5. The Balaban J connectivity index is 1.78. The zero-order valence-corrected chi connectivity index (χ0v) is 16.0. The van der Waals surface area contributed by atoms with Gasteiger partial charge in [-0.25, -0.2) is 0 Å². The van der Waals surface area contributed by atoms with Gasteiger partial charge < -0.3 is 19.7 Å². The lowest BCUT2D eigenvalue weighted by Crippen LogP contribution is -2.22. The molecule has 0 saturated heterocycles. The predicted octanol–water partition coefficient (Wildman–Crippen LogP) is 2.54. The van der Waals surface area contributed by atoms with E-state index in [-0.39, 0.29) is 0 Å². The molecule has 142 valence electrons. The highest BCUT2D eigenvalue weighted by molar-refractivity contribution is 5.87. The van der Waals surface area contributed by atoms with Crippen molar-refractivity contribution >= 4 is 22.8 Å². The van der Waals surface area contributed by atoms with Crippen LogP contribution >= 0.6 is 0 Å². The molecule has 0 saturated carbocycles. The Kier molecular flexibility index (Phi) is 5.80. The maximum absolute atomic E-state index is 5.54. The molecule has 0 radical (unpaired) electrons. The van der Waals surface area contributed by atoms with Crippen molar-refractivity contribution in [3.63, 3.8) is 0 Å². The maximum atomic E-state index is 5.54. The third kappa shape index (κ3) is 4.36. The van der Waals surface area contributed by atoms with Crippen molar-refractivity contribution in [2.75, 3.05) is 43.6 Å². The molecule has 1 aliphatic heterocycles. The Morgan fingerprint density at radius 2 is 2.15 bits per heavy atom. The molecule has 0 aromatic carbocycles.